The average Bonchev–Trinajstić information content (AvgIpc) is 2.88. The van der Waals surface area contributed by atoms with E-state index in [1.54, 1.807) is 30.3 Å². The molecule has 1 saturated heterocycles. The molecule has 0 spiro atoms. The number of amides is 3. The molecule has 9 heteroatoms. The van der Waals surface area contributed by atoms with Crippen LogP contribution in [0.25, 0.3) is 6.08 Å². The van der Waals surface area contributed by atoms with Crippen LogP contribution in [0.5, 0.6) is 11.5 Å². The van der Waals surface area contributed by atoms with E-state index in [0.29, 0.717) is 27.1 Å². The zero-order chi connectivity index (χ0) is 20.4. The van der Waals surface area contributed by atoms with Crippen LogP contribution >= 0.6 is 34.8 Å². The summed E-state index contributed by atoms with van der Waals surface area (Å²) < 4.78 is 11.2. The van der Waals surface area contributed by atoms with Gasteiger partial charge in [0.15, 0.2) is 11.5 Å². The third-order valence-corrected chi connectivity index (χ3v) is 4.90. The first kappa shape index (κ1) is 20.3. The van der Waals surface area contributed by atoms with Gasteiger partial charge >= 0.3 is 6.03 Å². The molecule has 0 saturated carbocycles. The van der Waals surface area contributed by atoms with Gasteiger partial charge in [0.2, 0.25) is 0 Å². The van der Waals surface area contributed by atoms with Crippen molar-refractivity contribution in [2.45, 2.75) is 6.61 Å². The van der Waals surface area contributed by atoms with Gasteiger partial charge in [0, 0.05) is 22.7 Å². The number of ether oxygens (including phenoxy) is 2. The number of imide groups is 1. The number of benzene rings is 2. The first-order valence-corrected chi connectivity index (χ1v) is 9.18. The number of nitrogens with one attached hydrogen (secondary N) is 1. The van der Waals surface area contributed by atoms with Crippen molar-refractivity contribution in [2.75, 3.05) is 14.2 Å². The Kier molecular flexibility index (Phi) is 6.03. The van der Waals surface area contributed by atoms with Gasteiger partial charge in [0.25, 0.3) is 5.91 Å². The second kappa shape index (κ2) is 8.31. The van der Waals surface area contributed by atoms with Crippen molar-refractivity contribution in [2.24, 2.45) is 0 Å². The summed E-state index contributed by atoms with van der Waals surface area (Å²) in [5, 5.41) is 3.77. The van der Waals surface area contributed by atoms with Crippen LogP contribution in [0.3, 0.4) is 0 Å². The van der Waals surface area contributed by atoms with Gasteiger partial charge in [-0.15, -0.1) is 0 Å². The summed E-state index contributed by atoms with van der Waals surface area (Å²) in [5.74, 6) is 0.267. The molecule has 0 atom stereocenters. The first-order valence-electron chi connectivity index (χ1n) is 8.05. The number of likely N-dealkylation sites (N-methyl/N-ethyl adjacent to an activating group) is 1. The Hall–Kier alpha value is -2.41. The van der Waals surface area contributed by atoms with Crippen LogP contribution in [0.2, 0.25) is 15.1 Å². The molecule has 1 fully saturated rings. The van der Waals surface area contributed by atoms with Crippen LogP contribution in [0.15, 0.2) is 36.0 Å². The van der Waals surface area contributed by atoms with E-state index >= 15 is 0 Å². The maximum Gasteiger partial charge on any atom is 0.328 e. The minimum absolute atomic E-state index is 0.146. The third kappa shape index (κ3) is 4.19. The lowest BCUT2D eigenvalue weighted by atomic mass is 10.1. The van der Waals surface area contributed by atoms with Crippen LogP contribution < -0.4 is 14.8 Å². The van der Waals surface area contributed by atoms with Gasteiger partial charge in [0.1, 0.15) is 12.3 Å². The zero-order valence-corrected chi connectivity index (χ0v) is 17.2. The highest BCUT2D eigenvalue weighted by atomic mass is 35.5. The van der Waals surface area contributed by atoms with Gasteiger partial charge in [0.05, 0.1) is 12.1 Å². The average molecular weight is 442 g/mol. The minimum Gasteiger partial charge on any atom is -0.493 e. The summed E-state index contributed by atoms with van der Waals surface area (Å²) in [6, 6.07) is 7.86. The molecule has 1 aliphatic rings. The molecule has 0 radical (unpaired) electrons. The summed E-state index contributed by atoms with van der Waals surface area (Å²) in [5.41, 5.74) is 1.45. The fraction of sp³-hybridized carbons (Fsp3) is 0.158. The van der Waals surface area contributed by atoms with Crippen LogP contribution in [0.4, 0.5) is 4.79 Å². The first-order chi connectivity index (χ1) is 13.3. The number of carbonyl (C=O) groups is 2. The molecular weight excluding hydrogens is 427 g/mol. The van der Waals surface area contributed by atoms with Crippen molar-refractivity contribution in [3.63, 3.8) is 0 Å². The number of urea groups is 1. The molecule has 0 unspecified atom stereocenters. The second-order valence-electron chi connectivity index (χ2n) is 5.91. The molecule has 1 heterocycles. The summed E-state index contributed by atoms with van der Waals surface area (Å²) in [4.78, 5) is 24.6. The molecule has 1 aliphatic heterocycles. The summed E-state index contributed by atoms with van der Waals surface area (Å²) in [6.45, 7) is 0.159. The number of nitrogens with zero attached hydrogens (tertiary/aromatic N) is 1. The van der Waals surface area contributed by atoms with Gasteiger partial charge in [-0.3, -0.25) is 9.69 Å². The minimum atomic E-state index is -0.492. The van der Waals surface area contributed by atoms with E-state index in [4.69, 9.17) is 44.3 Å². The SMILES string of the molecule is COc1cc(/C=C2/NC(=O)N(C)C2=O)cc(Cl)c1OCc1ccc(Cl)cc1Cl. The van der Waals surface area contributed by atoms with Crippen molar-refractivity contribution in [3.05, 3.63) is 62.2 Å². The van der Waals surface area contributed by atoms with E-state index in [-0.39, 0.29) is 17.3 Å². The summed E-state index contributed by atoms with van der Waals surface area (Å²) >= 11 is 18.4. The molecule has 3 rings (SSSR count). The predicted octanol–water partition coefficient (Wildman–Crippen LogP) is 4.76. The summed E-state index contributed by atoms with van der Waals surface area (Å²) in [6.07, 6.45) is 1.51. The van der Waals surface area contributed by atoms with Gasteiger partial charge in [-0.1, -0.05) is 40.9 Å². The number of methoxy groups -OCH3 is 1. The van der Waals surface area contributed by atoms with Gasteiger partial charge < -0.3 is 14.8 Å². The molecular formula is C19H15Cl3N2O4. The molecule has 3 amide bonds. The molecule has 2 aromatic rings. The van der Waals surface area contributed by atoms with Crippen molar-refractivity contribution in [3.8, 4) is 11.5 Å². The molecule has 0 bridgehead atoms. The number of hydrogen-bond donors (Lipinski definition) is 1. The Labute approximate surface area is 176 Å². The Morgan fingerprint density at radius 1 is 1.11 bits per heavy atom. The van der Waals surface area contributed by atoms with Crippen LogP contribution in [0, 0.1) is 0 Å². The normalized spacial score (nSPS) is 15.2. The lowest BCUT2D eigenvalue weighted by Gasteiger charge is -2.14. The van der Waals surface area contributed by atoms with E-state index in [2.05, 4.69) is 5.32 Å². The van der Waals surface area contributed by atoms with Crippen LogP contribution in [-0.2, 0) is 11.4 Å². The standard InChI is InChI=1S/C19H15Cl3N2O4/c1-24-18(25)15(23-19(24)26)6-10-5-14(22)17(16(7-10)27-2)28-9-11-3-4-12(20)8-13(11)21/h3-8H,9H2,1-2H3,(H,23,26)/b15-6+. The molecule has 2 aromatic carbocycles. The maximum absolute atomic E-state index is 12.0. The van der Waals surface area contributed by atoms with Crippen molar-refractivity contribution >= 4 is 52.8 Å². The quantitative estimate of drug-likeness (QED) is 0.537. The van der Waals surface area contributed by atoms with Crippen LogP contribution in [-0.4, -0.2) is 31.0 Å². The van der Waals surface area contributed by atoms with Crippen molar-refractivity contribution < 1.29 is 19.1 Å². The predicted molar refractivity (Wildman–Crippen MR) is 108 cm³/mol. The molecule has 146 valence electrons. The number of rotatable bonds is 5. The highest BCUT2D eigenvalue weighted by Gasteiger charge is 2.30. The molecule has 1 N–H and O–H groups in total. The van der Waals surface area contributed by atoms with E-state index in [1.807, 2.05) is 0 Å². The largest absolute Gasteiger partial charge is 0.493 e. The Morgan fingerprint density at radius 3 is 2.46 bits per heavy atom. The van der Waals surface area contributed by atoms with Crippen molar-refractivity contribution in [1.82, 2.24) is 10.2 Å². The Balaban J connectivity index is 1.86. The smallest absolute Gasteiger partial charge is 0.328 e. The molecule has 0 aromatic heterocycles. The molecule has 6 nitrogen and oxygen atoms in total. The van der Waals surface area contributed by atoms with Crippen molar-refractivity contribution in [1.29, 1.82) is 0 Å². The number of carbonyl (C=O) groups excluding carboxylic acids is 2. The molecule has 0 aliphatic carbocycles. The second-order valence-corrected chi connectivity index (χ2v) is 7.16. The summed E-state index contributed by atoms with van der Waals surface area (Å²) in [7, 11) is 2.87. The van der Waals surface area contributed by atoms with Gasteiger partial charge in [-0.25, -0.2) is 4.79 Å². The fourth-order valence-corrected chi connectivity index (χ4v) is 3.28. The topological polar surface area (TPSA) is 67.9 Å². The monoisotopic (exact) mass is 440 g/mol. The highest BCUT2D eigenvalue weighted by Crippen LogP contribution is 2.38. The van der Waals surface area contributed by atoms with E-state index < -0.39 is 11.9 Å². The Morgan fingerprint density at radius 2 is 1.86 bits per heavy atom. The number of halogens is 3. The third-order valence-electron chi connectivity index (χ3n) is 4.03. The zero-order valence-electron chi connectivity index (χ0n) is 14.9. The van der Waals surface area contributed by atoms with E-state index in [9.17, 15) is 9.59 Å². The maximum atomic E-state index is 12.0. The van der Waals surface area contributed by atoms with Gasteiger partial charge in [-0.2, -0.15) is 0 Å². The van der Waals surface area contributed by atoms with E-state index in [1.165, 1.54) is 20.2 Å². The Bertz CT molecular complexity index is 991. The van der Waals surface area contributed by atoms with Gasteiger partial charge in [-0.05, 0) is 35.9 Å². The van der Waals surface area contributed by atoms with E-state index in [0.717, 1.165) is 10.5 Å². The number of hydrogen-bond acceptors (Lipinski definition) is 4. The lowest BCUT2D eigenvalue weighted by molar-refractivity contribution is -0.121. The fourth-order valence-electron chi connectivity index (χ4n) is 2.54. The lowest BCUT2D eigenvalue weighted by Crippen LogP contribution is -2.25. The highest BCUT2D eigenvalue weighted by molar-refractivity contribution is 6.35. The van der Waals surface area contributed by atoms with Crippen LogP contribution in [0.1, 0.15) is 11.1 Å². The molecule has 28 heavy (non-hydrogen) atoms.